The predicted octanol–water partition coefficient (Wildman–Crippen LogP) is 1.31. The van der Waals surface area contributed by atoms with E-state index in [1.165, 1.54) is 18.4 Å². The van der Waals surface area contributed by atoms with E-state index in [-0.39, 0.29) is 0 Å². The van der Waals surface area contributed by atoms with Crippen LogP contribution in [-0.4, -0.2) is 61.3 Å². The van der Waals surface area contributed by atoms with Crippen LogP contribution in [0.1, 0.15) is 30.5 Å². The molecule has 0 amide bonds. The van der Waals surface area contributed by atoms with Crippen molar-refractivity contribution in [2.24, 2.45) is 4.99 Å². The smallest absolute Gasteiger partial charge is 0.191 e. The maximum atomic E-state index is 5.39. The minimum atomic E-state index is 0.598. The van der Waals surface area contributed by atoms with Gasteiger partial charge in [0, 0.05) is 31.9 Å². The Morgan fingerprint density at radius 3 is 2.96 bits per heavy atom. The van der Waals surface area contributed by atoms with Gasteiger partial charge in [0.05, 0.1) is 25.5 Å². The van der Waals surface area contributed by atoms with Crippen LogP contribution in [0.5, 0.6) is 0 Å². The van der Waals surface area contributed by atoms with Crippen LogP contribution in [0.3, 0.4) is 0 Å². The summed E-state index contributed by atoms with van der Waals surface area (Å²) in [7, 11) is 0. The molecule has 0 radical (unpaired) electrons. The average Bonchev–Trinajstić information content (AvgIpc) is 3.42. The van der Waals surface area contributed by atoms with Gasteiger partial charge in [-0.2, -0.15) is 0 Å². The van der Waals surface area contributed by atoms with E-state index >= 15 is 0 Å². The van der Waals surface area contributed by atoms with E-state index in [2.05, 4.69) is 33.5 Å². The monoisotopic (exact) mass is 331 g/mol. The maximum Gasteiger partial charge on any atom is 0.191 e. The Bertz CT molecular complexity index is 538. The maximum absolute atomic E-state index is 5.39. The van der Waals surface area contributed by atoms with E-state index in [0.717, 1.165) is 57.5 Å². The molecule has 1 aliphatic carbocycles. The first-order valence-corrected chi connectivity index (χ1v) is 9.07. The summed E-state index contributed by atoms with van der Waals surface area (Å²) in [6.07, 6.45) is 5.45. The number of pyridine rings is 1. The lowest BCUT2D eigenvalue weighted by atomic mass is 10.2. The molecule has 0 unspecified atom stereocenters. The molecule has 0 atom stereocenters. The first-order chi connectivity index (χ1) is 11.8. The molecule has 2 N–H and O–H groups in total. The SMILES string of the molecule is Cc1cccnc1CN=C(NCCCN1CCOCC1)NC1CC1. The predicted molar refractivity (Wildman–Crippen MR) is 96.1 cm³/mol. The van der Waals surface area contributed by atoms with Crippen LogP contribution in [0.4, 0.5) is 0 Å². The van der Waals surface area contributed by atoms with Crippen LogP contribution >= 0.6 is 0 Å². The van der Waals surface area contributed by atoms with Crippen molar-refractivity contribution in [1.82, 2.24) is 20.5 Å². The number of aliphatic imine (C=N–C) groups is 1. The van der Waals surface area contributed by atoms with Crippen molar-refractivity contribution >= 4 is 5.96 Å². The number of nitrogens with zero attached hydrogens (tertiary/aromatic N) is 3. The van der Waals surface area contributed by atoms with E-state index in [0.29, 0.717) is 12.6 Å². The van der Waals surface area contributed by atoms with Gasteiger partial charge in [0.15, 0.2) is 5.96 Å². The van der Waals surface area contributed by atoms with Crippen molar-refractivity contribution < 1.29 is 4.74 Å². The average molecular weight is 331 g/mol. The second kappa shape index (κ2) is 8.99. The summed E-state index contributed by atoms with van der Waals surface area (Å²) in [4.78, 5) is 11.6. The van der Waals surface area contributed by atoms with E-state index in [1.807, 2.05) is 12.3 Å². The molecule has 0 spiro atoms. The molecule has 0 aromatic carbocycles. The number of hydrogen-bond donors (Lipinski definition) is 2. The first kappa shape index (κ1) is 17.2. The highest BCUT2D eigenvalue weighted by Crippen LogP contribution is 2.18. The number of morpholine rings is 1. The molecular weight excluding hydrogens is 302 g/mol. The van der Waals surface area contributed by atoms with E-state index in [1.54, 1.807) is 0 Å². The number of hydrogen-bond acceptors (Lipinski definition) is 4. The van der Waals surface area contributed by atoms with Crippen LogP contribution in [0, 0.1) is 6.92 Å². The summed E-state index contributed by atoms with van der Waals surface area (Å²) in [5, 5.41) is 6.97. The molecule has 2 heterocycles. The van der Waals surface area contributed by atoms with E-state index in [4.69, 9.17) is 9.73 Å². The zero-order chi connectivity index (χ0) is 16.6. The fraction of sp³-hybridized carbons (Fsp3) is 0.667. The Hall–Kier alpha value is -1.66. The summed E-state index contributed by atoms with van der Waals surface area (Å²) < 4.78 is 5.39. The molecule has 1 aromatic heterocycles. The highest BCUT2D eigenvalue weighted by molar-refractivity contribution is 5.80. The van der Waals surface area contributed by atoms with Crippen molar-refractivity contribution in [3.05, 3.63) is 29.6 Å². The fourth-order valence-corrected chi connectivity index (χ4v) is 2.75. The van der Waals surface area contributed by atoms with Gasteiger partial charge in [-0.05, 0) is 44.4 Å². The third-order valence-corrected chi connectivity index (χ3v) is 4.47. The molecule has 24 heavy (non-hydrogen) atoms. The zero-order valence-electron chi connectivity index (χ0n) is 14.6. The number of rotatable bonds is 7. The number of nitrogens with one attached hydrogen (secondary N) is 2. The summed E-state index contributed by atoms with van der Waals surface area (Å²) in [5.74, 6) is 0.921. The van der Waals surface area contributed by atoms with Crippen LogP contribution in [0.2, 0.25) is 0 Å². The van der Waals surface area contributed by atoms with Crippen LogP contribution in [0.15, 0.2) is 23.3 Å². The molecule has 132 valence electrons. The Morgan fingerprint density at radius 1 is 1.38 bits per heavy atom. The zero-order valence-corrected chi connectivity index (χ0v) is 14.6. The number of ether oxygens (including phenoxy) is 1. The highest BCUT2D eigenvalue weighted by atomic mass is 16.5. The van der Waals surface area contributed by atoms with Gasteiger partial charge in [-0.25, -0.2) is 4.99 Å². The van der Waals surface area contributed by atoms with Gasteiger partial charge in [0.1, 0.15) is 0 Å². The van der Waals surface area contributed by atoms with Gasteiger partial charge in [-0.15, -0.1) is 0 Å². The minimum absolute atomic E-state index is 0.598. The fourth-order valence-electron chi connectivity index (χ4n) is 2.75. The summed E-state index contributed by atoms with van der Waals surface area (Å²) in [6.45, 7) is 8.61. The Morgan fingerprint density at radius 2 is 2.21 bits per heavy atom. The molecule has 6 heteroatoms. The molecule has 1 saturated carbocycles. The standard InChI is InChI=1S/C18H29N5O/c1-15-4-2-7-19-17(15)14-21-18(22-16-5-6-16)20-8-3-9-23-10-12-24-13-11-23/h2,4,7,16H,3,5-6,8-14H2,1H3,(H2,20,21,22). The molecule has 1 saturated heterocycles. The Balaban J connectivity index is 1.44. The molecule has 6 nitrogen and oxygen atoms in total. The number of aromatic nitrogens is 1. The van der Waals surface area contributed by atoms with Crippen molar-refractivity contribution in [2.75, 3.05) is 39.4 Å². The topological polar surface area (TPSA) is 61.8 Å². The third-order valence-electron chi connectivity index (χ3n) is 4.47. The molecule has 1 aromatic rings. The van der Waals surface area contributed by atoms with Crippen LogP contribution in [-0.2, 0) is 11.3 Å². The summed E-state index contributed by atoms with van der Waals surface area (Å²) in [6, 6.07) is 4.65. The lowest BCUT2D eigenvalue weighted by Crippen LogP contribution is -2.41. The number of guanidine groups is 1. The normalized spacial score (nSPS) is 19.3. The van der Waals surface area contributed by atoms with E-state index < -0.39 is 0 Å². The molecule has 0 bridgehead atoms. The lowest BCUT2D eigenvalue weighted by molar-refractivity contribution is 0.0376. The van der Waals surface area contributed by atoms with Crippen molar-refractivity contribution in [3.8, 4) is 0 Å². The van der Waals surface area contributed by atoms with Gasteiger partial charge < -0.3 is 15.4 Å². The van der Waals surface area contributed by atoms with E-state index in [9.17, 15) is 0 Å². The summed E-state index contributed by atoms with van der Waals surface area (Å²) >= 11 is 0. The molecular formula is C18H29N5O. The minimum Gasteiger partial charge on any atom is -0.379 e. The van der Waals surface area contributed by atoms with Crippen LogP contribution in [0.25, 0.3) is 0 Å². The lowest BCUT2D eigenvalue weighted by Gasteiger charge is -2.26. The number of aryl methyl sites for hydroxylation is 1. The molecule has 3 rings (SSSR count). The van der Waals surface area contributed by atoms with Crippen LogP contribution < -0.4 is 10.6 Å². The van der Waals surface area contributed by atoms with Crippen molar-refractivity contribution in [3.63, 3.8) is 0 Å². The van der Waals surface area contributed by atoms with Crippen molar-refractivity contribution in [1.29, 1.82) is 0 Å². The second-order valence-electron chi connectivity index (χ2n) is 6.58. The largest absolute Gasteiger partial charge is 0.379 e. The van der Waals surface area contributed by atoms with Gasteiger partial charge in [-0.1, -0.05) is 6.07 Å². The van der Waals surface area contributed by atoms with Gasteiger partial charge in [0.2, 0.25) is 0 Å². The quantitative estimate of drug-likeness (QED) is 0.448. The summed E-state index contributed by atoms with van der Waals surface area (Å²) in [5.41, 5.74) is 2.24. The molecule has 1 aliphatic heterocycles. The molecule has 2 aliphatic rings. The van der Waals surface area contributed by atoms with Gasteiger partial charge in [0.25, 0.3) is 0 Å². The molecule has 2 fully saturated rings. The van der Waals surface area contributed by atoms with Crippen molar-refractivity contribution in [2.45, 2.75) is 38.8 Å². The first-order valence-electron chi connectivity index (χ1n) is 9.07. The Kier molecular flexibility index (Phi) is 6.43. The van der Waals surface area contributed by atoms with Gasteiger partial charge >= 0.3 is 0 Å². The third kappa shape index (κ3) is 5.76. The van der Waals surface area contributed by atoms with Gasteiger partial charge in [-0.3, -0.25) is 9.88 Å². The second-order valence-corrected chi connectivity index (χ2v) is 6.58. The Labute approximate surface area is 144 Å². The highest BCUT2D eigenvalue weighted by Gasteiger charge is 2.22.